The van der Waals surface area contributed by atoms with E-state index in [-0.39, 0.29) is 17.7 Å². The molecule has 132 valence electrons. The predicted octanol–water partition coefficient (Wildman–Crippen LogP) is 4.19. The molecule has 4 nitrogen and oxygen atoms in total. The molecule has 1 aliphatic rings. The molecule has 25 heavy (non-hydrogen) atoms. The third-order valence-corrected chi connectivity index (χ3v) is 4.93. The number of ether oxygens (including phenoxy) is 1. The van der Waals surface area contributed by atoms with Crippen LogP contribution in [0.1, 0.15) is 24.0 Å². The fourth-order valence-electron chi connectivity index (χ4n) is 3.14. The topological polar surface area (TPSA) is 66.8 Å². The highest BCUT2D eigenvalue weighted by molar-refractivity contribution is 6.42. The van der Waals surface area contributed by atoms with Gasteiger partial charge in [0.15, 0.2) is 0 Å². The summed E-state index contributed by atoms with van der Waals surface area (Å²) in [4.78, 5) is 11.2. The molecule has 2 atom stereocenters. The van der Waals surface area contributed by atoms with Gasteiger partial charge in [0.2, 0.25) is 0 Å². The molecular weight excluding hydrogens is 370 g/mol. The molecule has 2 aromatic rings. The van der Waals surface area contributed by atoms with Gasteiger partial charge in [0, 0.05) is 18.4 Å². The molecule has 0 amide bonds. The van der Waals surface area contributed by atoms with Crippen molar-refractivity contribution in [2.24, 2.45) is 0 Å². The van der Waals surface area contributed by atoms with Crippen LogP contribution in [-0.4, -0.2) is 22.3 Å². The number of aliphatic hydroxyl groups is 1. The van der Waals surface area contributed by atoms with Crippen LogP contribution in [0.15, 0.2) is 36.4 Å². The third-order valence-electron chi connectivity index (χ3n) is 4.19. The summed E-state index contributed by atoms with van der Waals surface area (Å²) >= 11 is 11.9. The first kappa shape index (κ1) is 18.0. The van der Waals surface area contributed by atoms with Crippen LogP contribution in [0.25, 0.3) is 0 Å². The van der Waals surface area contributed by atoms with Gasteiger partial charge >= 0.3 is 5.97 Å². The Labute approximate surface area is 153 Å². The summed E-state index contributed by atoms with van der Waals surface area (Å²) in [6.07, 6.45) is -0.601. The van der Waals surface area contributed by atoms with Crippen molar-refractivity contribution in [3.05, 3.63) is 63.4 Å². The first-order chi connectivity index (χ1) is 11.8. The fraction of sp³-hybridized carbons (Fsp3) is 0.278. The highest BCUT2D eigenvalue weighted by atomic mass is 35.5. The maximum atomic E-state index is 13.6. The summed E-state index contributed by atoms with van der Waals surface area (Å²) in [6.45, 7) is 0. The monoisotopic (exact) mass is 384 g/mol. The Morgan fingerprint density at radius 1 is 1.24 bits per heavy atom. The lowest BCUT2D eigenvalue weighted by molar-refractivity contribution is -0.145. The minimum Gasteiger partial charge on any atom is -0.490 e. The average Bonchev–Trinajstić information content (AvgIpc) is 2.51. The minimum atomic E-state index is -1.71. The maximum absolute atomic E-state index is 13.6. The van der Waals surface area contributed by atoms with Crippen molar-refractivity contribution in [1.82, 2.24) is 0 Å². The van der Waals surface area contributed by atoms with E-state index in [0.717, 1.165) is 11.6 Å². The Bertz CT molecular complexity index is 827. The fourth-order valence-corrected chi connectivity index (χ4v) is 3.46. The molecule has 1 aliphatic heterocycles. The lowest BCUT2D eigenvalue weighted by atomic mass is 9.81. The molecule has 0 aliphatic carbocycles. The van der Waals surface area contributed by atoms with Crippen LogP contribution in [0, 0.1) is 5.82 Å². The maximum Gasteiger partial charge on any atom is 0.306 e. The van der Waals surface area contributed by atoms with Crippen LogP contribution in [0.5, 0.6) is 5.75 Å². The minimum absolute atomic E-state index is 0.0238. The van der Waals surface area contributed by atoms with Crippen LogP contribution in [0.3, 0.4) is 0 Å². The Hall–Kier alpha value is -1.82. The number of halogens is 3. The normalized spacial score (nSPS) is 22.2. The zero-order chi connectivity index (χ0) is 18.2. The van der Waals surface area contributed by atoms with Gasteiger partial charge in [-0.25, -0.2) is 4.39 Å². The highest BCUT2D eigenvalue weighted by Gasteiger charge is 2.42. The van der Waals surface area contributed by atoms with E-state index in [9.17, 15) is 14.3 Å². The van der Waals surface area contributed by atoms with Gasteiger partial charge in [0.1, 0.15) is 23.3 Å². The molecule has 0 radical (unpaired) electrons. The van der Waals surface area contributed by atoms with Crippen molar-refractivity contribution in [2.75, 3.05) is 0 Å². The van der Waals surface area contributed by atoms with Crippen LogP contribution in [0.2, 0.25) is 10.0 Å². The van der Waals surface area contributed by atoms with Crippen LogP contribution in [-0.2, 0) is 16.8 Å². The van der Waals surface area contributed by atoms with Gasteiger partial charge < -0.3 is 14.9 Å². The van der Waals surface area contributed by atoms with E-state index in [1.165, 1.54) is 12.1 Å². The van der Waals surface area contributed by atoms with E-state index >= 15 is 0 Å². The van der Waals surface area contributed by atoms with Crippen LogP contribution >= 0.6 is 23.2 Å². The van der Waals surface area contributed by atoms with Gasteiger partial charge in [-0.15, -0.1) is 0 Å². The van der Waals surface area contributed by atoms with E-state index in [1.54, 1.807) is 18.2 Å². The molecule has 3 rings (SSSR count). The number of rotatable bonds is 4. The molecule has 7 heteroatoms. The molecular formula is C18H15Cl2FO4. The molecule has 0 bridgehead atoms. The summed E-state index contributed by atoms with van der Waals surface area (Å²) in [6, 6.07) is 8.88. The van der Waals surface area contributed by atoms with Crippen molar-refractivity contribution < 1.29 is 24.1 Å². The van der Waals surface area contributed by atoms with Gasteiger partial charge in [-0.1, -0.05) is 29.3 Å². The van der Waals surface area contributed by atoms with Gasteiger partial charge in [0.05, 0.1) is 16.5 Å². The van der Waals surface area contributed by atoms with Crippen molar-refractivity contribution in [3.63, 3.8) is 0 Å². The Balaban J connectivity index is 1.92. The van der Waals surface area contributed by atoms with E-state index in [1.807, 2.05) is 0 Å². The molecule has 0 saturated heterocycles. The number of aliphatic carboxylic acids is 1. The summed E-state index contributed by atoms with van der Waals surface area (Å²) in [5.41, 5.74) is -0.717. The first-order valence-electron chi connectivity index (χ1n) is 7.61. The number of hydrogen-bond donors (Lipinski definition) is 2. The smallest absolute Gasteiger partial charge is 0.306 e. The van der Waals surface area contributed by atoms with Gasteiger partial charge in [-0.05, 0) is 35.9 Å². The molecule has 2 aromatic carbocycles. The second-order valence-corrected chi connectivity index (χ2v) is 6.95. The van der Waals surface area contributed by atoms with Gasteiger partial charge in [-0.2, -0.15) is 0 Å². The van der Waals surface area contributed by atoms with E-state index in [4.69, 9.17) is 33.0 Å². The van der Waals surface area contributed by atoms with Crippen molar-refractivity contribution in [3.8, 4) is 5.75 Å². The predicted molar refractivity (Wildman–Crippen MR) is 91.7 cm³/mol. The van der Waals surface area contributed by atoms with Crippen molar-refractivity contribution in [2.45, 2.75) is 31.0 Å². The lowest BCUT2D eigenvalue weighted by Crippen LogP contribution is -2.41. The molecule has 0 aromatic heterocycles. The largest absolute Gasteiger partial charge is 0.490 e. The lowest BCUT2D eigenvalue weighted by Gasteiger charge is -2.38. The summed E-state index contributed by atoms with van der Waals surface area (Å²) < 4.78 is 19.4. The van der Waals surface area contributed by atoms with Gasteiger partial charge in [0.25, 0.3) is 0 Å². The number of carboxylic acids is 1. The third kappa shape index (κ3) is 3.89. The first-order valence-corrected chi connectivity index (χ1v) is 8.37. The highest BCUT2D eigenvalue weighted by Crippen LogP contribution is 2.42. The summed E-state index contributed by atoms with van der Waals surface area (Å²) in [5.74, 6) is -1.46. The Morgan fingerprint density at radius 2 is 2.00 bits per heavy atom. The molecule has 0 spiro atoms. The summed E-state index contributed by atoms with van der Waals surface area (Å²) in [7, 11) is 0. The number of benzene rings is 2. The van der Waals surface area contributed by atoms with Crippen molar-refractivity contribution >= 4 is 29.2 Å². The quantitative estimate of drug-likeness (QED) is 0.829. The SMILES string of the molecule is O=C(O)C[C@]1(O)C[C@@H](Cc2ccc(Cl)c(Cl)c2)Oc2ccc(F)cc21. The van der Waals surface area contributed by atoms with Gasteiger partial charge in [-0.3, -0.25) is 4.79 Å². The second kappa shape index (κ2) is 6.83. The molecule has 1 heterocycles. The van der Waals surface area contributed by atoms with E-state index in [2.05, 4.69) is 0 Å². The Morgan fingerprint density at radius 3 is 2.68 bits per heavy atom. The van der Waals surface area contributed by atoms with Crippen LogP contribution in [0.4, 0.5) is 4.39 Å². The number of hydrogen-bond acceptors (Lipinski definition) is 3. The number of fused-ring (bicyclic) bond motifs is 1. The molecule has 0 fully saturated rings. The zero-order valence-electron chi connectivity index (χ0n) is 13.0. The van der Waals surface area contributed by atoms with Crippen molar-refractivity contribution in [1.29, 1.82) is 0 Å². The molecule has 2 N–H and O–H groups in total. The summed E-state index contributed by atoms with van der Waals surface area (Å²) in [5, 5.41) is 20.9. The standard InChI is InChI=1S/C18H15Cl2FO4/c19-14-3-1-10(6-15(14)20)5-12-8-18(24,9-17(22)23)13-7-11(21)2-4-16(13)25-12/h1-4,6-7,12,24H,5,8-9H2,(H,22,23)/t12-,18-/m1/s1. The average molecular weight is 385 g/mol. The van der Waals surface area contributed by atoms with E-state index < -0.39 is 29.9 Å². The number of carboxylic acid groups (broad SMARTS) is 1. The number of carbonyl (C=O) groups is 1. The van der Waals surface area contributed by atoms with E-state index in [0.29, 0.717) is 16.5 Å². The Kier molecular flexibility index (Phi) is 4.91. The zero-order valence-corrected chi connectivity index (χ0v) is 14.5. The second-order valence-electron chi connectivity index (χ2n) is 6.14. The molecule has 0 saturated carbocycles. The van der Waals surface area contributed by atoms with Crippen LogP contribution < -0.4 is 4.74 Å². The molecule has 0 unspecified atom stereocenters.